The molecule has 0 fully saturated rings. The molecule has 0 spiro atoms. The lowest BCUT2D eigenvalue weighted by molar-refractivity contribution is -0.657. The van der Waals surface area contributed by atoms with E-state index in [0.29, 0.717) is 0 Å². The van der Waals surface area contributed by atoms with E-state index in [4.69, 9.17) is 28.7 Å². The quantitative estimate of drug-likeness (QED) is 0.338. The fourth-order valence-corrected chi connectivity index (χ4v) is 0.547. The maximum absolute atomic E-state index is 8.77. The highest BCUT2D eigenvalue weighted by molar-refractivity contribution is 7.43. The molecule has 0 aliphatic carbocycles. The summed E-state index contributed by atoms with van der Waals surface area (Å²) in [6, 6.07) is 0. The van der Waals surface area contributed by atoms with Crippen LogP contribution in [-0.2, 0) is 14.0 Å². The Bertz CT molecular complexity index is 135. The van der Waals surface area contributed by atoms with Gasteiger partial charge in [0.15, 0.2) is 0 Å². The number of nitrogens with two attached hydrogens (primary N) is 1. The summed E-state index contributed by atoms with van der Waals surface area (Å²) in [6.45, 7) is 3.70. The highest BCUT2D eigenvalue weighted by atomic mass is 31.2. The predicted octanol–water partition coefficient (Wildman–Crippen LogP) is -2.72. The summed E-state index contributed by atoms with van der Waals surface area (Å²) in [5.74, 6) is 0. The van der Waals surface area contributed by atoms with Gasteiger partial charge in [-0.25, -0.2) is 0 Å². The third-order valence-corrected chi connectivity index (χ3v) is 1.05. The first-order valence-corrected chi connectivity index (χ1v) is 5.51. The van der Waals surface area contributed by atoms with Gasteiger partial charge in [-0.2, -0.15) is 0 Å². The number of hydrogen-bond donors (Lipinski definition) is 3. The second-order valence-electron chi connectivity index (χ2n) is 2.34. The van der Waals surface area contributed by atoms with Crippen molar-refractivity contribution in [1.82, 2.24) is 0 Å². The Labute approximate surface area is 83.3 Å². The van der Waals surface area contributed by atoms with Crippen LogP contribution >= 0.6 is 7.82 Å². The number of quaternary nitrogens is 1. The van der Waals surface area contributed by atoms with Gasteiger partial charge in [0.05, 0.1) is 26.3 Å². The Kier molecular flexibility index (Phi) is 13.0. The first kappa shape index (κ1) is 16.4. The van der Waals surface area contributed by atoms with E-state index in [1.807, 2.05) is 0 Å². The number of ether oxygens (including phenoxy) is 2. The fraction of sp³-hybridized carbons (Fsp3) is 1.00. The first-order valence-electron chi connectivity index (χ1n) is 3.98. The molecule has 0 amide bonds. The normalized spacial score (nSPS) is 10.6. The number of rotatable bonds is 6. The number of methoxy groups -OCH3 is 2. The third-order valence-electron chi connectivity index (χ3n) is 1.05. The molecule has 0 atom stereocenters. The van der Waals surface area contributed by atoms with Gasteiger partial charge < -0.3 is 29.5 Å². The standard InChI is InChI=1S/C6H15NO2.H3O4P/c1-8-5-3-7-4-6-9-2;1-5(2,3)4/h7H,3-6H2,1-2H3;(H3,1,2,3,4). The van der Waals surface area contributed by atoms with Gasteiger partial charge in [-0.1, -0.05) is 0 Å². The van der Waals surface area contributed by atoms with E-state index >= 15 is 0 Å². The van der Waals surface area contributed by atoms with Gasteiger partial charge in [0.1, 0.15) is 0 Å². The van der Waals surface area contributed by atoms with Gasteiger partial charge in [0.25, 0.3) is 7.82 Å². The highest BCUT2D eigenvalue weighted by Gasteiger charge is 1.87. The Morgan fingerprint density at radius 3 is 1.71 bits per heavy atom. The van der Waals surface area contributed by atoms with Crippen molar-refractivity contribution in [1.29, 1.82) is 0 Å². The second-order valence-corrected chi connectivity index (χ2v) is 3.32. The Hall–Kier alpha value is -0.0100. The SMILES string of the molecule is COCC[NH2+]CCOC.O=P([O-])(O)O. The summed E-state index contributed by atoms with van der Waals surface area (Å²) in [7, 11) is -1.46. The zero-order valence-corrected chi connectivity index (χ0v) is 9.27. The van der Waals surface area contributed by atoms with Crippen LogP contribution in [0.3, 0.4) is 0 Å². The lowest BCUT2D eigenvalue weighted by Crippen LogP contribution is -2.86. The Morgan fingerprint density at radius 1 is 1.21 bits per heavy atom. The zero-order valence-electron chi connectivity index (χ0n) is 8.38. The molecule has 0 aromatic carbocycles. The summed E-state index contributed by atoms with van der Waals surface area (Å²) < 4.78 is 18.5. The van der Waals surface area contributed by atoms with Crippen molar-refractivity contribution in [3.05, 3.63) is 0 Å². The lowest BCUT2D eigenvalue weighted by Gasteiger charge is -2.01. The molecule has 0 heterocycles. The van der Waals surface area contributed by atoms with Crippen LogP contribution in [0.15, 0.2) is 0 Å². The minimum atomic E-state index is -4.89. The van der Waals surface area contributed by atoms with Gasteiger partial charge in [-0.05, 0) is 0 Å². The minimum absolute atomic E-state index is 0.823. The maximum atomic E-state index is 8.77. The molecule has 0 aromatic rings. The average Bonchev–Trinajstić information content (AvgIpc) is 2.01. The Morgan fingerprint density at radius 2 is 1.50 bits per heavy atom. The van der Waals surface area contributed by atoms with Crippen molar-refractivity contribution in [3.63, 3.8) is 0 Å². The van der Waals surface area contributed by atoms with Crippen molar-refractivity contribution in [2.45, 2.75) is 0 Å². The first-order chi connectivity index (χ1) is 6.41. The molecule has 7 nitrogen and oxygen atoms in total. The van der Waals surface area contributed by atoms with E-state index in [1.165, 1.54) is 0 Å². The third kappa shape index (κ3) is 40.4. The highest BCUT2D eigenvalue weighted by Crippen LogP contribution is 2.18. The monoisotopic (exact) mass is 231 g/mol. The van der Waals surface area contributed by atoms with Crippen molar-refractivity contribution >= 4 is 7.82 Å². The van der Waals surface area contributed by atoms with Crippen molar-refractivity contribution in [2.24, 2.45) is 0 Å². The summed E-state index contributed by atoms with van der Waals surface area (Å²) in [5, 5.41) is 2.17. The topological polar surface area (TPSA) is 116 Å². The zero-order chi connectivity index (χ0) is 11.4. The fourth-order valence-electron chi connectivity index (χ4n) is 0.547. The van der Waals surface area contributed by atoms with Crippen LogP contribution in [0.5, 0.6) is 0 Å². The van der Waals surface area contributed by atoms with E-state index in [0.717, 1.165) is 26.3 Å². The summed E-state index contributed by atoms with van der Waals surface area (Å²) >= 11 is 0. The molecule has 0 saturated heterocycles. The number of hydrogen-bond acceptors (Lipinski definition) is 4. The molecule has 0 aromatic heterocycles. The van der Waals surface area contributed by atoms with Crippen LogP contribution in [-0.4, -0.2) is 50.3 Å². The summed E-state index contributed by atoms with van der Waals surface area (Å²) in [4.78, 5) is 22.9. The van der Waals surface area contributed by atoms with Crippen LogP contribution in [0.1, 0.15) is 0 Å². The molecule has 0 aliphatic rings. The molecule has 0 rings (SSSR count). The smallest absolute Gasteiger partial charge is 0.262 e. The lowest BCUT2D eigenvalue weighted by atomic mass is 10.6. The molecule has 0 radical (unpaired) electrons. The molecule has 0 aliphatic heterocycles. The van der Waals surface area contributed by atoms with Gasteiger partial charge >= 0.3 is 0 Å². The largest absolute Gasteiger partial charge is 0.756 e. The predicted molar refractivity (Wildman–Crippen MR) is 47.5 cm³/mol. The van der Waals surface area contributed by atoms with Crippen LogP contribution in [0.4, 0.5) is 0 Å². The molecular formula is C6H18NO6P. The van der Waals surface area contributed by atoms with E-state index in [-0.39, 0.29) is 0 Å². The van der Waals surface area contributed by atoms with Crippen LogP contribution in [0, 0.1) is 0 Å². The maximum Gasteiger partial charge on any atom is 0.262 e. The van der Waals surface area contributed by atoms with Crippen LogP contribution < -0.4 is 10.2 Å². The number of phosphoric acid groups is 1. The molecule has 14 heavy (non-hydrogen) atoms. The molecule has 0 bridgehead atoms. The van der Waals surface area contributed by atoms with Gasteiger partial charge in [-0.3, -0.25) is 4.57 Å². The summed E-state index contributed by atoms with van der Waals surface area (Å²) in [5.41, 5.74) is 0. The molecule has 8 heteroatoms. The van der Waals surface area contributed by atoms with E-state index in [2.05, 4.69) is 5.32 Å². The molecule has 88 valence electrons. The van der Waals surface area contributed by atoms with Crippen molar-refractivity contribution in [3.8, 4) is 0 Å². The van der Waals surface area contributed by atoms with Crippen molar-refractivity contribution in [2.75, 3.05) is 40.5 Å². The van der Waals surface area contributed by atoms with Crippen LogP contribution in [0.25, 0.3) is 0 Å². The van der Waals surface area contributed by atoms with E-state index < -0.39 is 7.82 Å². The summed E-state index contributed by atoms with van der Waals surface area (Å²) in [6.07, 6.45) is 0. The van der Waals surface area contributed by atoms with Crippen molar-refractivity contribution < 1.29 is 34.0 Å². The van der Waals surface area contributed by atoms with Gasteiger partial charge in [0.2, 0.25) is 0 Å². The van der Waals surface area contributed by atoms with Crippen LogP contribution in [0.2, 0.25) is 0 Å². The average molecular weight is 231 g/mol. The Balaban J connectivity index is 0. The second kappa shape index (κ2) is 11.1. The molecule has 4 N–H and O–H groups in total. The molecule has 0 saturated carbocycles. The minimum Gasteiger partial charge on any atom is -0.756 e. The molecule has 0 unspecified atom stereocenters. The van der Waals surface area contributed by atoms with Gasteiger partial charge in [-0.15, -0.1) is 0 Å². The molecular weight excluding hydrogens is 213 g/mol. The van der Waals surface area contributed by atoms with Gasteiger partial charge in [0, 0.05) is 14.2 Å². The van der Waals surface area contributed by atoms with E-state index in [9.17, 15) is 0 Å². The van der Waals surface area contributed by atoms with E-state index in [1.54, 1.807) is 14.2 Å².